The van der Waals surface area contributed by atoms with Crippen LogP contribution in [-0.2, 0) is 10.0 Å². The van der Waals surface area contributed by atoms with Crippen LogP contribution < -0.4 is 10.5 Å². The van der Waals surface area contributed by atoms with Crippen LogP contribution in [0.2, 0.25) is 5.28 Å². The first-order valence-corrected chi connectivity index (χ1v) is 5.90. The van der Waals surface area contributed by atoms with E-state index < -0.39 is 15.8 Å². The largest absolute Gasteiger partial charge is 0.366 e. The highest BCUT2D eigenvalue weighted by molar-refractivity contribution is 7.89. The zero-order chi connectivity index (χ0) is 11.5. The smallest absolute Gasteiger partial charge is 0.224 e. The highest BCUT2D eigenvalue weighted by Crippen LogP contribution is 2.11. The minimum absolute atomic E-state index is 0.0525. The lowest BCUT2D eigenvalue weighted by Crippen LogP contribution is -2.23. The van der Waals surface area contributed by atoms with Gasteiger partial charge in [0.25, 0.3) is 0 Å². The van der Waals surface area contributed by atoms with Crippen molar-refractivity contribution in [1.29, 1.82) is 0 Å². The van der Waals surface area contributed by atoms with E-state index in [2.05, 4.69) is 15.3 Å². The van der Waals surface area contributed by atoms with Gasteiger partial charge in [0.2, 0.25) is 15.3 Å². The number of nitrogens with one attached hydrogen (secondary N) is 1. The van der Waals surface area contributed by atoms with Crippen molar-refractivity contribution in [2.75, 3.05) is 17.6 Å². The van der Waals surface area contributed by atoms with Crippen LogP contribution in [0.25, 0.3) is 0 Å². The van der Waals surface area contributed by atoms with Gasteiger partial charge in [-0.25, -0.2) is 22.9 Å². The zero-order valence-corrected chi connectivity index (χ0v) is 9.02. The molecule has 0 unspecified atom stereocenters. The van der Waals surface area contributed by atoms with Gasteiger partial charge >= 0.3 is 0 Å². The summed E-state index contributed by atoms with van der Waals surface area (Å²) in [5.74, 6) is -1.19. The Bertz CT molecular complexity index is 452. The molecule has 6 nitrogen and oxygen atoms in total. The van der Waals surface area contributed by atoms with Crippen LogP contribution in [-0.4, -0.2) is 30.7 Å². The van der Waals surface area contributed by atoms with Crippen LogP contribution in [0.15, 0.2) is 6.20 Å². The molecule has 0 bridgehead atoms. The molecule has 1 aromatic heterocycles. The van der Waals surface area contributed by atoms with Crippen molar-refractivity contribution in [2.45, 2.75) is 0 Å². The van der Waals surface area contributed by atoms with Gasteiger partial charge in [0.1, 0.15) is 0 Å². The molecule has 0 fully saturated rings. The summed E-state index contributed by atoms with van der Waals surface area (Å²) in [6, 6.07) is 0. The third-order valence-electron chi connectivity index (χ3n) is 1.39. The molecule has 0 aliphatic heterocycles. The number of nitrogens with zero attached hydrogens (tertiary/aromatic N) is 2. The van der Waals surface area contributed by atoms with Crippen LogP contribution in [0.3, 0.4) is 0 Å². The van der Waals surface area contributed by atoms with Crippen LogP contribution in [0.1, 0.15) is 0 Å². The van der Waals surface area contributed by atoms with Gasteiger partial charge in [-0.15, -0.1) is 0 Å². The fraction of sp³-hybridized carbons (Fsp3) is 0.333. The number of sulfonamides is 1. The average molecular weight is 255 g/mol. The molecule has 1 heterocycles. The second kappa shape index (κ2) is 4.69. The molecule has 0 saturated heterocycles. The van der Waals surface area contributed by atoms with Crippen molar-refractivity contribution < 1.29 is 12.8 Å². The number of aromatic nitrogens is 2. The summed E-state index contributed by atoms with van der Waals surface area (Å²) in [7, 11) is -3.58. The lowest BCUT2D eigenvalue weighted by molar-refractivity contribution is 0.597. The highest BCUT2D eigenvalue weighted by atomic mass is 35.5. The van der Waals surface area contributed by atoms with E-state index >= 15 is 0 Å². The van der Waals surface area contributed by atoms with Gasteiger partial charge in [0.15, 0.2) is 11.6 Å². The Morgan fingerprint density at radius 2 is 2.27 bits per heavy atom. The summed E-state index contributed by atoms with van der Waals surface area (Å²) < 4.78 is 34.1. The Balaban J connectivity index is 2.61. The molecule has 0 radical (unpaired) electrons. The molecule has 0 aromatic carbocycles. The molecule has 1 aromatic rings. The quantitative estimate of drug-likeness (QED) is 0.736. The summed E-state index contributed by atoms with van der Waals surface area (Å²) in [6.45, 7) is -0.0525. The molecule has 1 rings (SSSR count). The number of rotatable bonds is 4. The van der Waals surface area contributed by atoms with E-state index in [0.29, 0.717) is 0 Å². The average Bonchev–Trinajstić information content (AvgIpc) is 2.09. The number of nitrogens with two attached hydrogens (primary N) is 1. The third-order valence-corrected chi connectivity index (χ3v) is 2.35. The third kappa shape index (κ3) is 4.36. The second-order valence-corrected chi connectivity index (χ2v) is 4.70. The SMILES string of the molecule is NS(=O)(=O)CCNc1nc(Cl)ncc1F. The van der Waals surface area contributed by atoms with E-state index in [4.69, 9.17) is 16.7 Å². The van der Waals surface area contributed by atoms with Crippen LogP contribution in [0.4, 0.5) is 10.2 Å². The molecule has 84 valence electrons. The number of hydrogen-bond donors (Lipinski definition) is 2. The minimum Gasteiger partial charge on any atom is -0.366 e. The predicted octanol–water partition coefficient (Wildman–Crippen LogP) is -0.0305. The summed E-state index contributed by atoms with van der Waals surface area (Å²) in [4.78, 5) is 6.92. The minimum atomic E-state index is -3.58. The van der Waals surface area contributed by atoms with Gasteiger partial charge in [-0.05, 0) is 11.6 Å². The maximum Gasteiger partial charge on any atom is 0.224 e. The Morgan fingerprint density at radius 3 is 2.87 bits per heavy atom. The van der Waals surface area contributed by atoms with Crippen LogP contribution in [0.5, 0.6) is 0 Å². The van der Waals surface area contributed by atoms with Gasteiger partial charge in [-0.1, -0.05) is 0 Å². The number of primary sulfonamides is 1. The summed E-state index contributed by atoms with van der Waals surface area (Å²) >= 11 is 5.41. The molecule has 0 spiro atoms. The molecule has 0 aliphatic rings. The molecule has 3 N–H and O–H groups in total. The first-order valence-electron chi connectivity index (χ1n) is 3.81. The lowest BCUT2D eigenvalue weighted by atomic mass is 10.5. The highest BCUT2D eigenvalue weighted by Gasteiger charge is 2.07. The Labute approximate surface area is 90.7 Å². The van der Waals surface area contributed by atoms with E-state index in [1.165, 1.54) is 0 Å². The Hall–Kier alpha value is -0.990. The van der Waals surface area contributed by atoms with Gasteiger partial charge < -0.3 is 5.32 Å². The van der Waals surface area contributed by atoms with Crippen molar-refractivity contribution in [1.82, 2.24) is 9.97 Å². The fourth-order valence-electron chi connectivity index (χ4n) is 0.781. The van der Waals surface area contributed by atoms with Crippen LogP contribution >= 0.6 is 11.6 Å². The van der Waals surface area contributed by atoms with Crippen molar-refractivity contribution in [3.63, 3.8) is 0 Å². The molecule has 0 atom stereocenters. The second-order valence-electron chi connectivity index (χ2n) is 2.63. The van der Waals surface area contributed by atoms with Gasteiger partial charge in [-0.3, -0.25) is 0 Å². The van der Waals surface area contributed by atoms with E-state index in [0.717, 1.165) is 6.20 Å². The fourth-order valence-corrected chi connectivity index (χ4v) is 1.30. The maximum absolute atomic E-state index is 13.0. The molecule has 15 heavy (non-hydrogen) atoms. The Morgan fingerprint density at radius 1 is 1.60 bits per heavy atom. The Kier molecular flexibility index (Phi) is 3.77. The zero-order valence-electron chi connectivity index (χ0n) is 7.44. The topological polar surface area (TPSA) is 98.0 Å². The van der Waals surface area contributed by atoms with Crippen molar-refractivity contribution >= 4 is 27.4 Å². The number of hydrogen-bond acceptors (Lipinski definition) is 5. The molecule has 0 aliphatic carbocycles. The predicted molar refractivity (Wildman–Crippen MR) is 53.5 cm³/mol. The normalized spacial score (nSPS) is 11.4. The molecular formula is C6H8ClFN4O2S. The number of halogens is 2. The summed E-state index contributed by atoms with van der Waals surface area (Å²) in [6.07, 6.45) is 0.884. The molecular weight excluding hydrogens is 247 g/mol. The van der Waals surface area contributed by atoms with Gasteiger partial charge in [-0.2, -0.15) is 4.98 Å². The van der Waals surface area contributed by atoms with Gasteiger partial charge in [0.05, 0.1) is 11.9 Å². The van der Waals surface area contributed by atoms with E-state index in [1.54, 1.807) is 0 Å². The number of anilines is 1. The summed E-state index contributed by atoms with van der Waals surface area (Å²) in [5.41, 5.74) is 0. The van der Waals surface area contributed by atoms with Crippen LogP contribution in [0, 0.1) is 5.82 Å². The standard InChI is InChI=1S/C6H8ClFN4O2S/c7-6-11-3-4(8)5(12-6)10-1-2-15(9,13)14/h3H,1-2H2,(H2,9,13,14)(H,10,11,12). The monoisotopic (exact) mass is 254 g/mol. The molecule has 9 heteroatoms. The maximum atomic E-state index is 13.0. The first kappa shape index (κ1) is 12.1. The molecule has 0 saturated carbocycles. The summed E-state index contributed by atoms with van der Waals surface area (Å²) in [5, 5.41) is 7.06. The van der Waals surface area contributed by atoms with Crippen molar-refractivity contribution in [2.24, 2.45) is 5.14 Å². The molecule has 0 amide bonds. The van der Waals surface area contributed by atoms with E-state index in [9.17, 15) is 12.8 Å². The van der Waals surface area contributed by atoms with Crippen molar-refractivity contribution in [3.05, 3.63) is 17.3 Å². The van der Waals surface area contributed by atoms with E-state index in [-0.39, 0.29) is 23.4 Å². The van der Waals surface area contributed by atoms with Crippen molar-refractivity contribution in [3.8, 4) is 0 Å². The first-order chi connectivity index (χ1) is 6.88. The van der Waals surface area contributed by atoms with E-state index in [1.807, 2.05) is 0 Å². The van der Waals surface area contributed by atoms with Gasteiger partial charge in [0, 0.05) is 6.54 Å². The lowest BCUT2D eigenvalue weighted by Gasteiger charge is -2.04.